The zero-order valence-corrected chi connectivity index (χ0v) is 14.2. The van der Waals surface area contributed by atoms with Crippen LogP contribution in [0.5, 0.6) is 5.88 Å². The van der Waals surface area contributed by atoms with Crippen LogP contribution in [0.25, 0.3) is 21.8 Å². The van der Waals surface area contributed by atoms with Gasteiger partial charge in [0.2, 0.25) is 5.88 Å². The van der Waals surface area contributed by atoms with Gasteiger partial charge in [0, 0.05) is 29.9 Å². The zero-order chi connectivity index (χ0) is 20.8. The number of halogens is 5. The Labute approximate surface area is 157 Å². The highest BCUT2D eigenvalue weighted by molar-refractivity contribution is 6.13. The molecule has 3 N–H and O–H groups in total. The van der Waals surface area contributed by atoms with Gasteiger partial charge in [0.05, 0.1) is 22.1 Å². The van der Waals surface area contributed by atoms with E-state index in [2.05, 4.69) is 30.2 Å². The Morgan fingerprint density at radius 2 is 1.86 bits per heavy atom. The number of hydrogen-bond donors (Lipinski definition) is 3. The first-order valence-electron chi connectivity index (χ1n) is 8.02. The Hall–Kier alpha value is -3.70. The van der Waals surface area contributed by atoms with E-state index in [9.17, 15) is 26.7 Å². The zero-order valence-electron chi connectivity index (χ0n) is 14.2. The van der Waals surface area contributed by atoms with Crippen molar-refractivity contribution >= 4 is 33.4 Å². The standard InChI is InChI=1S/C17H10F5N5O2/c18-9-1-7-11(2-10(9)19)23-5-13(7)25-16(28)15-8-4-24-14(3-12(8)26-27-15)29-6-17(20,21)22/h1-5,23H,6H2,(H,25,28)(H,26,27). The number of H-pyrrole nitrogens is 2. The molecule has 0 unspecified atom stereocenters. The van der Waals surface area contributed by atoms with Gasteiger partial charge in [-0.1, -0.05) is 0 Å². The summed E-state index contributed by atoms with van der Waals surface area (Å²) in [6, 6.07) is 3.07. The second kappa shape index (κ2) is 6.72. The van der Waals surface area contributed by atoms with Crippen LogP contribution < -0.4 is 10.1 Å². The number of aromatic amines is 2. The third-order valence-electron chi connectivity index (χ3n) is 3.99. The molecule has 3 aromatic heterocycles. The maximum absolute atomic E-state index is 13.5. The summed E-state index contributed by atoms with van der Waals surface area (Å²) in [7, 11) is 0. The third kappa shape index (κ3) is 3.68. The number of carbonyl (C=O) groups excluding carboxylic acids is 1. The van der Waals surface area contributed by atoms with Crippen LogP contribution in [0.15, 0.2) is 30.6 Å². The number of fused-ring (bicyclic) bond motifs is 2. The molecule has 0 atom stereocenters. The number of amides is 1. The molecule has 0 fully saturated rings. The van der Waals surface area contributed by atoms with Crippen molar-refractivity contribution in [3.05, 3.63) is 47.9 Å². The lowest BCUT2D eigenvalue weighted by Gasteiger charge is -2.07. The average molecular weight is 411 g/mol. The summed E-state index contributed by atoms with van der Waals surface area (Å²) in [5, 5.41) is 9.35. The lowest BCUT2D eigenvalue weighted by molar-refractivity contribution is -0.154. The number of nitrogens with zero attached hydrogens (tertiary/aromatic N) is 2. The van der Waals surface area contributed by atoms with Gasteiger partial charge in [0.25, 0.3) is 5.91 Å². The van der Waals surface area contributed by atoms with Crippen molar-refractivity contribution in [3.63, 3.8) is 0 Å². The highest BCUT2D eigenvalue weighted by atomic mass is 19.4. The van der Waals surface area contributed by atoms with Crippen molar-refractivity contribution in [1.82, 2.24) is 20.2 Å². The van der Waals surface area contributed by atoms with E-state index in [4.69, 9.17) is 0 Å². The van der Waals surface area contributed by atoms with E-state index in [0.717, 1.165) is 18.3 Å². The number of hydrogen-bond acceptors (Lipinski definition) is 4. The number of benzene rings is 1. The van der Waals surface area contributed by atoms with Crippen molar-refractivity contribution in [1.29, 1.82) is 0 Å². The molecule has 12 heteroatoms. The van der Waals surface area contributed by atoms with E-state index < -0.39 is 30.3 Å². The Kier molecular flexibility index (Phi) is 4.32. The van der Waals surface area contributed by atoms with E-state index in [1.165, 1.54) is 12.3 Å². The largest absolute Gasteiger partial charge is 0.468 e. The van der Waals surface area contributed by atoms with Gasteiger partial charge in [-0.15, -0.1) is 0 Å². The molecule has 150 valence electrons. The molecule has 1 amide bonds. The fraction of sp³-hybridized carbons (Fsp3) is 0.118. The van der Waals surface area contributed by atoms with Gasteiger partial charge in [0.15, 0.2) is 23.9 Å². The number of alkyl halides is 3. The van der Waals surface area contributed by atoms with E-state index in [1.54, 1.807) is 0 Å². The van der Waals surface area contributed by atoms with Crippen molar-refractivity contribution in [3.8, 4) is 5.88 Å². The number of nitrogens with one attached hydrogen (secondary N) is 3. The van der Waals surface area contributed by atoms with E-state index in [0.29, 0.717) is 0 Å². The predicted molar refractivity (Wildman–Crippen MR) is 91.6 cm³/mol. The molecule has 0 spiro atoms. The molecule has 1 aromatic carbocycles. The fourth-order valence-electron chi connectivity index (χ4n) is 2.70. The average Bonchev–Trinajstić information content (AvgIpc) is 3.24. The first kappa shape index (κ1) is 18.7. The van der Waals surface area contributed by atoms with Gasteiger partial charge in [-0.25, -0.2) is 13.8 Å². The molecule has 29 heavy (non-hydrogen) atoms. The van der Waals surface area contributed by atoms with Crippen LogP contribution in [-0.4, -0.2) is 38.9 Å². The second-order valence-electron chi connectivity index (χ2n) is 6.01. The Bertz CT molecular complexity index is 1230. The summed E-state index contributed by atoms with van der Waals surface area (Å²) in [5.41, 5.74) is 0.610. The van der Waals surface area contributed by atoms with Gasteiger partial charge < -0.3 is 15.0 Å². The van der Waals surface area contributed by atoms with Crippen LogP contribution in [0, 0.1) is 11.6 Å². The summed E-state index contributed by atoms with van der Waals surface area (Å²) in [6.07, 6.45) is -2.02. The van der Waals surface area contributed by atoms with Crippen LogP contribution in [0.2, 0.25) is 0 Å². The second-order valence-corrected chi connectivity index (χ2v) is 6.01. The fourth-order valence-corrected chi connectivity index (χ4v) is 2.70. The van der Waals surface area contributed by atoms with Crippen molar-refractivity contribution in [2.24, 2.45) is 0 Å². The molecule has 0 aliphatic rings. The Morgan fingerprint density at radius 3 is 2.62 bits per heavy atom. The topological polar surface area (TPSA) is 95.7 Å². The first-order chi connectivity index (χ1) is 13.7. The minimum atomic E-state index is -4.52. The third-order valence-corrected chi connectivity index (χ3v) is 3.99. The molecule has 0 bridgehead atoms. The molecule has 0 saturated carbocycles. The first-order valence-corrected chi connectivity index (χ1v) is 8.02. The Morgan fingerprint density at radius 1 is 1.10 bits per heavy atom. The number of pyridine rings is 1. The quantitative estimate of drug-likeness (QED) is 0.444. The summed E-state index contributed by atoms with van der Waals surface area (Å²) in [4.78, 5) is 19.0. The van der Waals surface area contributed by atoms with Crippen molar-refractivity contribution in [2.45, 2.75) is 6.18 Å². The van der Waals surface area contributed by atoms with Gasteiger partial charge in [-0.3, -0.25) is 9.89 Å². The Balaban J connectivity index is 1.58. The van der Waals surface area contributed by atoms with Gasteiger partial charge >= 0.3 is 6.18 Å². The lowest BCUT2D eigenvalue weighted by atomic mass is 10.2. The summed E-state index contributed by atoms with van der Waals surface area (Å²) >= 11 is 0. The number of carbonyl (C=O) groups is 1. The maximum Gasteiger partial charge on any atom is 0.422 e. The molecular weight excluding hydrogens is 401 g/mol. The van der Waals surface area contributed by atoms with Crippen molar-refractivity contribution in [2.75, 3.05) is 11.9 Å². The minimum Gasteiger partial charge on any atom is -0.468 e. The summed E-state index contributed by atoms with van der Waals surface area (Å²) < 4.78 is 68.0. The van der Waals surface area contributed by atoms with E-state index in [-0.39, 0.29) is 39.1 Å². The van der Waals surface area contributed by atoms with E-state index >= 15 is 0 Å². The SMILES string of the molecule is O=C(Nc1c[nH]c2cc(F)c(F)cc12)c1n[nH]c2cc(OCC(F)(F)F)ncc12. The highest BCUT2D eigenvalue weighted by Gasteiger charge is 2.29. The lowest BCUT2D eigenvalue weighted by Crippen LogP contribution is -2.19. The number of anilines is 1. The number of ether oxygens (including phenoxy) is 1. The smallest absolute Gasteiger partial charge is 0.422 e. The molecule has 3 heterocycles. The molecule has 0 aliphatic carbocycles. The van der Waals surface area contributed by atoms with Crippen LogP contribution in [0.4, 0.5) is 27.6 Å². The number of rotatable bonds is 4. The van der Waals surface area contributed by atoms with E-state index in [1.807, 2.05) is 0 Å². The van der Waals surface area contributed by atoms with Crippen LogP contribution in [0.1, 0.15) is 10.5 Å². The highest BCUT2D eigenvalue weighted by Crippen LogP contribution is 2.27. The predicted octanol–water partition coefficient (Wildman–Crippen LogP) is 3.91. The molecule has 4 rings (SSSR count). The maximum atomic E-state index is 13.5. The summed E-state index contributed by atoms with van der Waals surface area (Å²) in [5.74, 6) is -3.09. The molecule has 0 radical (unpaired) electrons. The van der Waals surface area contributed by atoms with Crippen LogP contribution in [0.3, 0.4) is 0 Å². The molecule has 7 nitrogen and oxygen atoms in total. The van der Waals surface area contributed by atoms with Gasteiger partial charge in [-0.05, 0) is 6.07 Å². The van der Waals surface area contributed by atoms with Crippen molar-refractivity contribution < 1.29 is 31.5 Å². The van der Waals surface area contributed by atoms with Crippen LogP contribution >= 0.6 is 0 Å². The summed E-state index contributed by atoms with van der Waals surface area (Å²) in [6.45, 7) is -1.51. The molecule has 0 aliphatic heterocycles. The van der Waals surface area contributed by atoms with Gasteiger partial charge in [0.1, 0.15) is 0 Å². The van der Waals surface area contributed by atoms with Gasteiger partial charge in [-0.2, -0.15) is 18.3 Å². The number of aromatic nitrogens is 4. The molecule has 0 saturated heterocycles. The normalized spacial score (nSPS) is 11.9. The minimum absolute atomic E-state index is 0.0909. The monoisotopic (exact) mass is 411 g/mol. The van der Waals surface area contributed by atoms with Crippen LogP contribution in [-0.2, 0) is 0 Å². The molecule has 4 aromatic rings. The molecular formula is C17H10F5N5O2.